The Morgan fingerprint density at radius 1 is 1.60 bits per heavy atom. The van der Waals surface area contributed by atoms with Gasteiger partial charge in [0.2, 0.25) is 0 Å². The van der Waals surface area contributed by atoms with Crippen molar-refractivity contribution in [3.63, 3.8) is 0 Å². The number of furan rings is 1. The number of rotatable bonds is 2. The van der Waals surface area contributed by atoms with Crippen LogP contribution in [0.3, 0.4) is 0 Å². The summed E-state index contributed by atoms with van der Waals surface area (Å²) in [5, 5.41) is 4.07. The van der Waals surface area contributed by atoms with Gasteiger partial charge < -0.3 is 10.2 Å². The Morgan fingerprint density at radius 3 is 3.00 bits per heavy atom. The minimum absolute atomic E-state index is 0.203. The molecule has 0 radical (unpaired) electrons. The van der Waals surface area contributed by atoms with Crippen molar-refractivity contribution in [3.05, 3.63) is 46.3 Å². The molecule has 78 valence electrons. The monoisotopic (exact) mass is 205 g/mol. The van der Waals surface area contributed by atoms with Crippen molar-refractivity contribution in [3.8, 4) is 0 Å². The summed E-state index contributed by atoms with van der Waals surface area (Å²) in [6, 6.07) is 5.23. The van der Waals surface area contributed by atoms with Gasteiger partial charge in [0.1, 0.15) is 11.4 Å². The summed E-state index contributed by atoms with van der Waals surface area (Å²) < 4.78 is 6.41. The molecule has 2 N–H and O–H groups in total. The molecule has 5 nitrogen and oxygen atoms in total. The predicted octanol–water partition coefficient (Wildman–Crippen LogP) is 0.546. The molecule has 0 bridgehead atoms. The molecule has 2 rings (SSSR count). The highest BCUT2D eigenvalue weighted by molar-refractivity contribution is 5.36. The summed E-state index contributed by atoms with van der Waals surface area (Å²) in [6.07, 6.45) is 2.13. The Kier molecular flexibility index (Phi) is 2.29. The van der Waals surface area contributed by atoms with E-state index in [0.717, 1.165) is 5.76 Å². The fourth-order valence-corrected chi connectivity index (χ4v) is 1.37. The molecule has 0 aliphatic rings. The Labute approximate surface area is 86.1 Å². The molecule has 0 aliphatic carbocycles. The van der Waals surface area contributed by atoms with E-state index < -0.39 is 0 Å². The maximum Gasteiger partial charge on any atom is 0.289 e. The van der Waals surface area contributed by atoms with Crippen LogP contribution in [0.4, 0.5) is 5.69 Å². The quantitative estimate of drug-likeness (QED) is 0.776. The van der Waals surface area contributed by atoms with Gasteiger partial charge in [0, 0.05) is 13.5 Å². The summed E-state index contributed by atoms with van der Waals surface area (Å²) in [5.74, 6) is 0.792. The maximum atomic E-state index is 11.3. The molecule has 0 aliphatic heterocycles. The van der Waals surface area contributed by atoms with Crippen LogP contribution in [0.2, 0.25) is 0 Å². The molecule has 0 saturated heterocycles. The topological polar surface area (TPSA) is 74.1 Å². The lowest BCUT2D eigenvalue weighted by molar-refractivity contribution is 0.516. The van der Waals surface area contributed by atoms with Crippen LogP contribution >= 0.6 is 0 Å². The summed E-state index contributed by atoms with van der Waals surface area (Å²) in [5.41, 5.74) is 6.18. The molecule has 15 heavy (non-hydrogen) atoms. The van der Waals surface area contributed by atoms with E-state index in [-0.39, 0.29) is 11.2 Å². The maximum absolute atomic E-state index is 11.3. The van der Waals surface area contributed by atoms with Crippen molar-refractivity contribution in [1.29, 1.82) is 0 Å². The zero-order valence-corrected chi connectivity index (χ0v) is 8.30. The first-order chi connectivity index (χ1) is 7.16. The van der Waals surface area contributed by atoms with Gasteiger partial charge in [-0.15, -0.1) is 0 Å². The van der Waals surface area contributed by atoms with Crippen LogP contribution in [0.25, 0.3) is 0 Å². The zero-order chi connectivity index (χ0) is 10.8. The van der Waals surface area contributed by atoms with Gasteiger partial charge in [0.05, 0.1) is 12.0 Å². The van der Waals surface area contributed by atoms with Gasteiger partial charge in [-0.25, -0.2) is 4.68 Å². The normalized spacial score (nSPS) is 10.5. The van der Waals surface area contributed by atoms with Gasteiger partial charge in [-0.2, -0.15) is 5.10 Å². The molecule has 0 amide bonds. The van der Waals surface area contributed by atoms with E-state index in [1.807, 2.05) is 6.07 Å². The van der Waals surface area contributed by atoms with Crippen LogP contribution in [-0.4, -0.2) is 9.78 Å². The predicted molar refractivity (Wildman–Crippen MR) is 55.4 cm³/mol. The first kappa shape index (κ1) is 9.51. The highest BCUT2D eigenvalue weighted by atomic mass is 16.3. The molecule has 2 aromatic rings. The highest BCUT2D eigenvalue weighted by Gasteiger charge is 2.05. The average Bonchev–Trinajstić information content (AvgIpc) is 2.66. The van der Waals surface area contributed by atoms with Crippen molar-refractivity contribution in [1.82, 2.24) is 9.78 Å². The lowest BCUT2D eigenvalue weighted by Crippen LogP contribution is -2.23. The van der Waals surface area contributed by atoms with Crippen LogP contribution in [0.15, 0.2) is 33.7 Å². The Hall–Kier alpha value is -2.04. The van der Waals surface area contributed by atoms with Crippen molar-refractivity contribution in [2.75, 3.05) is 5.73 Å². The fourth-order valence-electron chi connectivity index (χ4n) is 1.37. The highest BCUT2D eigenvalue weighted by Crippen LogP contribution is 2.07. The third-order valence-electron chi connectivity index (χ3n) is 2.08. The average molecular weight is 205 g/mol. The summed E-state index contributed by atoms with van der Waals surface area (Å²) in [7, 11) is 1.57. The number of anilines is 1. The van der Waals surface area contributed by atoms with Crippen LogP contribution in [0.5, 0.6) is 0 Å². The lowest BCUT2D eigenvalue weighted by atomic mass is 10.2. The van der Waals surface area contributed by atoms with Gasteiger partial charge in [0.15, 0.2) is 0 Å². The van der Waals surface area contributed by atoms with E-state index in [1.54, 1.807) is 25.4 Å². The SMILES string of the molecule is Cn1nc(Cc2ccco2)cc(N)c1=O. The van der Waals surface area contributed by atoms with Crippen LogP contribution < -0.4 is 11.3 Å². The molecule has 0 spiro atoms. The molecule has 2 heterocycles. The number of hydrogen-bond acceptors (Lipinski definition) is 4. The van der Waals surface area contributed by atoms with Crippen LogP contribution in [0, 0.1) is 0 Å². The Balaban J connectivity index is 2.34. The van der Waals surface area contributed by atoms with Gasteiger partial charge in [-0.05, 0) is 18.2 Å². The Morgan fingerprint density at radius 2 is 2.40 bits per heavy atom. The van der Waals surface area contributed by atoms with E-state index in [9.17, 15) is 4.79 Å². The minimum atomic E-state index is -0.279. The molecule has 0 aromatic carbocycles. The van der Waals surface area contributed by atoms with Crippen LogP contribution in [-0.2, 0) is 13.5 Å². The van der Waals surface area contributed by atoms with E-state index >= 15 is 0 Å². The molecule has 0 fully saturated rings. The van der Waals surface area contributed by atoms with Gasteiger partial charge in [-0.3, -0.25) is 4.79 Å². The molecule has 2 aromatic heterocycles. The first-order valence-corrected chi connectivity index (χ1v) is 4.52. The number of nitrogens with two attached hydrogens (primary N) is 1. The smallest absolute Gasteiger partial charge is 0.289 e. The standard InChI is InChI=1S/C10H11N3O2/c1-13-10(14)9(11)6-7(12-13)5-8-3-2-4-15-8/h2-4,6H,5,11H2,1H3. The van der Waals surface area contributed by atoms with Crippen molar-refractivity contribution < 1.29 is 4.42 Å². The lowest BCUT2D eigenvalue weighted by Gasteiger charge is -2.02. The van der Waals surface area contributed by atoms with Crippen molar-refractivity contribution in [2.45, 2.75) is 6.42 Å². The van der Waals surface area contributed by atoms with Gasteiger partial charge >= 0.3 is 0 Å². The Bertz CT molecular complexity index is 488. The molecule has 5 heteroatoms. The second-order valence-corrected chi connectivity index (χ2v) is 3.28. The van der Waals surface area contributed by atoms with E-state index in [4.69, 9.17) is 10.2 Å². The zero-order valence-electron chi connectivity index (χ0n) is 8.30. The van der Waals surface area contributed by atoms with E-state index in [0.29, 0.717) is 12.1 Å². The van der Waals surface area contributed by atoms with E-state index in [2.05, 4.69) is 5.10 Å². The second-order valence-electron chi connectivity index (χ2n) is 3.28. The van der Waals surface area contributed by atoms with Gasteiger partial charge in [0.25, 0.3) is 5.56 Å². The van der Waals surface area contributed by atoms with Gasteiger partial charge in [-0.1, -0.05) is 0 Å². The second kappa shape index (κ2) is 3.61. The molecular weight excluding hydrogens is 194 g/mol. The summed E-state index contributed by atoms with van der Waals surface area (Å²) in [4.78, 5) is 11.3. The fraction of sp³-hybridized carbons (Fsp3) is 0.200. The van der Waals surface area contributed by atoms with Crippen molar-refractivity contribution in [2.24, 2.45) is 7.05 Å². The minimum Gasteiger partial charge on any atom is -0.469 e. The largest absolute Gasteiger partial charge is 0.469 e. The third kappa shape index (κ3) is 1.90. The van der Waals surface area contributed by atoms with E-state index in [1.165, 1.54) is 4.68 Å². The summed E-state index contributed by atoms with van der Waals surface area (Å²) >= 11 is 0. The third-order valence-corrected chi connectivity index (χ3v) is 2.08. The molecule has 0 saturated carbocycles. The number of aromatic nitrogens is 2. The summed E-state index contributed by atoms with van der Waals surface area (Å²) in [6.45, 7) is 0. The van der Waals surface area contributed by atoms with Crippen molar-refractivity contribution >= 4 is 5.69 Å². The molecule has 0 unspecified atom stereocenters. The van der Waals surface area contributed by atoms with Crippen LogP contribution in [0.1, 0.15) is 11.5 Å². The first-order valence-electron chi connectivity index (χ1n) is 4.52. The molecule has 0 atom stereocenters. The number of aryl methyl sites for hydroxylation is 1. The number of hydrogen-bond donors (Lipinski definition) is 1. The number of nitrogen functional groups attached to an aromatic ring is 1. The molecular formula is C10H11N3O2. The number of nitrogens with zero attached hydrogens (tertiary/aromatic N) is 2.